The molecule has 2 aromatic carbocycles. The Morgan fingerprint density at radius 2 is 1.79 bits per heavy atom. The molecule has 1 aromatic heterocycles. The van der Waals surface area contributed by atoms with Crippen LogP contribution in [0.4, 0.5) is 0 Å². The van der Waals surface area contributed by atoms with Gasteiger partial charge in [0, 0.05) is 18.7 Å². The highest BCUT2D eigenvalue weighted by molar-refractivity contribution is 7.17. The number of carbonyl (C=O) groups is 1. The van der Waals surface area contributed by atoms with Crippen LogP contribution in [0.25, 0.3) is 10.6 Å². The largest absolute Gasteiger partial charge is 0.494 e. The van der Waals surface area contributed by atoms with E-state index in [1.54, 1.807) is 0 Å². The van der Waals surface area contributed by atoms with Crippen LogP contribution in [-0.2, 0) is 13.1 Å². The number of rotatable bonds is 8. The van der Waals surface area contributed by atoms with E-state index in [4.69, 9.17) is 4.74 Å². The smallest absolute Gasteiger partial charge is 0.263 e. The molecule has 0 spiro atoms. The summed E-state index contributed by atoms with van der Waals surface area (Å²) in [5.74, 6) is 0.746. The van der Waals surface area contributed by atoms with Crippen LogP contribution in [0.15, 0.2) is 48.5 Å². The molecule has 5 nitrogen and oxygen atoms in total. The molecule has 0 bridgehead atoms. The molecule has 1 N–H and O–H groups in total. The number of thiazole rings is 1. The van der Waals surface area contributed by atoms with Crippen molar-refractivity contribution in [3.05, 3.63) is 70.2 Å². The van der Waals surface area contributed by atoms with E-state index in [1.807, 2.05) is 64.3 Å². The lowest BCUT2D eigenvalue weighted by Crippen LogP contribution is -2.24. The number of nitrogens with zero attached hydrogens (tertiary/aromatic N) is 2. The number of hydrogen-bond acceptors (Lipinski definition) is 5. The van der Waals surface area contributed by atoms with Crippen molar-refractivity contribution in [1.82, 2.24) is 15.2 Å². The minimum absolute atomic E-state index is 0.0863. The van der Waals surface area contributed by atoms with Crippen molar-refractivity contribution in [2.75, 3.05) is 20.7 Å². The van der Waals surface area contributed by atoms with E-state index >= 15 is 0 Å². The van der Waals surface area contributed by atoms with Gasteiger partial charge in [-0.05, 0) is 63.3 Å². The van der Waals surface area contributed by atoms with Crippen molar-refractivity contribution in [2.45, 2.75) is 26.9 Å². The van der Waals surface area contributed by atoms with Crippen molar-refractivity contribution in [2.24, 2.45) is 0 Å². The van der Waals surface area contributed by atoms with Crippen LogP contribution < -0.4 is 10.1 Å². The van der Waals surface area contributed by atoms with Gasteiger partial charge in [-0.3, -0.25) is 4.79 Å². The van der Waals surface area contributed by atoms with Gasteiger partial charge in [0.1, 0.15) is 15.6 Å². The Bertz CT molecular complexity index is 965. The van der Waals surface area contributed by atoms with Gasteiger partial charge in [-0.2, -0.15) is 0 Å². The molecule has 0 saturated carbocycles. The summed E-state index contributed by atoms with van der Waals surface area (Å²) in [6.45, 7) is 5.81. The van der Waals surface area contributed by atoms with Gasteiger partial charge >= 0.3 is 0 Å². The normalized spacial score (nSPS) is 10.9. The zero-order chi connectivity index (χ0) is 20.8. The summed E-state index contributed by atoms with van der Waals surface area (Å²) in [5, 5.41) is 3.89. The van der Waals surface area contributed by atoms with Crippen molar-refractivity contribution in [3.63, 3.8) is 0 Å². The number of carbonyl (C=O) groups excluding carboxylic acids is 1. The van der Waals surface area contributed by atoms with Crippen LogP contribution in [0.2, 0.25) is 0 Å². The number of aryl methyl sites for hydroxylation is 1. The molecular weight excluding hydrogens is 382 g/mol. The summed E-state index contributed by atoms with van der Waals surface area (Å²) in [4.78, 5) is 20.2. The second kappa shape index (κ2) is 9.67. The Kier molecular flexibility index (Phi) is 7.01. The van der Waals surface area contributed by atoms with Crippen molar-refractivity contribution in [3.8, 4) is 16.3 Å². The minimum atomic E-state index is -0.0863. The summed E-state index contributed by atoms with van der Waals surface area (Å²) in [7, 11) is 4.08. The van der Waals surface area contributed by atoms with Gasteiger partial charge in [-0.1, -0.05) is 24.3 Å². The van der Waals surface area contributed by atoms with Crippen LogP contribution in [0.5, 0.6) is 5.75 Å². The first-order chi connectivity index (χ1) is 14.0. The van der Waals surface area contributed by atoms with E-state index in [9.17, 15) is 4.79 Å². The average molecular weight is 410 g/mol. The standard InChI is InChI=1S/C23H27N3O2S/c1-5-28-20-12-10-17(11-13-20)23-25-16(2)21(29-23)22(27)24-14-18-8-6-7-9-19(18)15-26(3)4/h6-13H,5,14-15H2,1-4H3,(H,24,27). The molecule has 3 aromatic rings. The molecule has 0 radical (unpaired) electrons. The molecule has 1 heterocycles. The van der Waals surface area contributed by atoms with Gasteiger partial charge in [0.25, 0.3) is 5.91 Å². The first-order valence-electron chi connectivity index (χ1n) is 9.68. The fourth-order valence-electron chi connectivity index (χ4n) is 3.07. The zero-order valence-corrected chi connectivity index (χ0v) is 18.2. The number of benzene rings is 2. The average Bonchev–Trinajstić information content (AvgIpc) is 3.09. The van der Waals surface area contributed by atoms with Gasteiger partial charge in [-0.25, -0.2) is 4.98 Å². The van der Waals surface area contributed by atoms with E-state index in [1.165, 1.54) is 16.9 Å². The Labute approximate surface area is 176 Å². The number of hydrogen-bond donors (Lipinski definition) is 1. The maximum Gasteiger partial charge on any atom is 0.263 e. The molecule has 0 unspecified atom stereocenters. The molecule has 0 fully saturated rings. The molecule has 152 valence electrons. The monoisotopic (exact) mass is 409 g/mol. The topological polar surface area (TPSA) is 54.5 Å². The zero-order valence-electron chi connectivity index (χ0n) is 17.4. The SMILES string of the molecule is CCOc1ccc(-c2nc(C)c(C(=O)NCc3ccccc3CN(C)C)s2)cc1. The molecule has 1 amide bonds. The second-order valence-corrected chi connectivity index (χ2v) is 8.08. The maximum absolute atomic E-state index is 12.8. The molecule has 3 rings (SSSR count). The summed E-state index contributed by atoms with van der Waals surface area (Å²) < 4.78 is 5.49. The number of ether oxygens (including phenoxy) is 1. The minimum Gasteiger partial charge on any atom is -0.494 e. The maximum atomic E-state index is 12.8. The summed E-state index contributed by atoms with van der Waals surface area (Å²) in [6, 6.07) is 16.0. The fraction of sp³-hybridized carbons (Fsp3) is 0.304. The third-order valence-corrected chi connectivity index (χ3v) is 5.66. The van der Waals surface area contributed by atoms with Gasteiger partial charge < -0.3 is 15.0 Å². The van der Waals surface area contributed by atoms with Crippen molar-refractivity contribution < 1.29 is 9.53 Å². The molecule has 0 saturated heterocycles. The molecule has 29 heavy (non-hydrogen) atoms. The third-order valence-electron chi connectivity index (χ3n) is 4.46. The Morgan fingerprint density at radius 1 is 1.10 bits per heavy atom. The van der Waals surface area contributed by atoms with Crippen LogP contribution in [0.3, 0.4) is 0 Å². The van der Waals surface area contributed by atoms with E-state index in [0.717, 1.165) is 34.1 Å². The van der Waals surface area contributed by atoms with Crippen molar-refractivity contribution in [1.29, 1.82) is 0 Å². The summed E-state index contributed by atoms with van der Waals surface area (Å²) >= 11 is 1.42. The third kappa shape index (κ3) is 5.43. The van der Waals surface area contributed by atoms with Gasteiger partial charge in [0.2, 0.25) is 0 Å². The summed E-state index contributed by atoms with van der Waals surface area (Å²) in [5.41, 5.74) is 4.08. The second-order valence-electron chi connectivity index (χ2n) is 7.08. The number of amides is 1. The molecule has 6 heteroatoms. The number of aromatic nitrogens is 1. The molecule has 0 aliphatic carbocycles. The van der Waals surface area contributed by atoms with Crippen molar-refractivity contribution >= 4 is 17.2 Å². The molecule has 0 aliphatic heterocycles. The highest BCUT2D eigenvalue weighted by Crippen LogP contribution is 2.29. The van der Waals surface area contributed by atoms with Gasteiger partial charge in [0.15, 0.2) is 0 Å². The van der Waals surface area contributed by atoms with E-state index in [2.05, 4.69) is 27.3 Å². The first kappa shape index (κ1) is 21.0. The van der Waals surface area contributed by atoms with Crippen LogP contribution in [0.1, 0.15) is 33.4 Å². The van der Waals surface area contributed by atoms with Gasteiger partial charge in [-0.15, -0.1) is 11.3 Å². The lowest BCUT2D eigenvalue weighted by atomic mass is 10.1. The van der Waals surface area contributed by atoms with Gasteiger partial charge in [0.05, 0.1) is 12.3 Å². The molecular formula is C23H27N3O2S. The quantitative estimate of drug-likeness (QED) is 0.595. The molecule has 0 atom stereocenters. The fourth-order valence-corrected chi connectivity index (χ4v) is 4.06. The van der Waals surface area contributed by atoms with Crippen LogP contribution in [-0.4, -0.2) is 36.5 Å². The predicted octanol–water partition coefficient (Wildman–Crippen LogP) is 4.51. The number of nitrogens with one attached hydrogen (secondary N) is 1. The first-order valence-corrected chi connectivity index (χ1v) is 10.5. The lowest BCUT2D eigenvalue weighted by molar-refractivity contribution is 0.0954. The summed E-state index contributed by atoms with van der Waals surface area (Å²) in [6.07, 6.45) is 0. The Balaban J connectivity index is 1.71. The highest BCUT2D eigenvalue weighted by atomic mass is 32.1. The Hall–Kier alpha value is -2.70. The lowest BCUT2D eigenvalue weighted by Gasteiger charge is -2.14. The van der Waals surface area contributed by atoms with E-state index in [0.29, 0.717) is 18.0 Å². The molecule has 0 aliphatic rings. The van der Waals surface area contributed by atoms with E-state index in [-0.39, 0.29) is 5.91 Å². The highest BCUT2D eigenvalue weighted by Gasteiger charge is 2.16. The Morgan fingerprint density at radius 3 is 2.45 bits per heavy atom. The van der Waals surface area contributed by atoms with E-state index < -0.39 is 0 Å². The van der Waals surface area contributed by atoms with Crippen LogP contribution >= 0.6 is 11.3 Å². The predicted molar refractivity (Wildman–Crippen MR) is 118 cm³/mol. The van der Waals surface area contributed by atoms with Crippen LogP contribution in [0, 0.1) is 6.92 Å².